The third-order valence-electron chi connectivity index (χ3n) is 4.05. The molecule has 0 aliphatic rings. The van der Waals surface area contributed by atoms with Gasteiger partial charge in [-0.05, 0) is 36.2 Å². The number of hydrogen-bond acceptors (Lipinski definition) is 5. The normalized spacial score (nSPS) is 12.0. The number of benzene rings is 2. The maximum atomic E-state index is 12.4. The second-order valence-corrected chi connectivity index (χ2v) is 8.05. The molecule has 0 aliphatic carbocycles. The van der Waals surface area contributed by atoms with Crippen LogP contribution >= 0.6 is 0 Å². The molecule has 28 heavy (non-hydrogen) atoms. The zero-order valence-electron chi connectivity index (χ0n) is 15.3. The van der Waals surface area contributed by atoms with Gasteiger partial charge in [0.15, 0.2) is 15.6 Å². The van der Waals surface area contributed by atoms with E-state index in [2.05, 4.69) is 10.5 Å². The van der Waals surface area contributed by atoms with E-state index in [4.69, 9.17) is 4.42 Å². The first-order valence-corrected chi connectivity index (χ1v) is 10.4. The molecule has 3 rings (SSSR count). The molecule has 1 heterocycles. The Morgan fingerprint density at radius 1 is 0.964 bits per heavy atom. The fourth-order valence-corrected chi connectivity index (χ4v) is 3.90. The Bertz CT molecular complexity index is 1070. The van der Waals surface area contributed by atoms with E-state index in [-0.39, 0.29) is 22.2 Å². The van der Waals surface area contributed by atoms with Crippen molar-refractivity contribution in [1.82, 2.24) is 5.43 Å². The molecule has 0 saturated heterocycles. The molecule has 0 aliphatic heterocycles. The number of amides is 1. The Kier molecular flexibility index (Phi) is 6.06. The van der Waals surface area contributed by atoms with Crippen molar-refractivity contribution in [2.75, 3.05) is 0 Å². The van der Waals surface area contributed by atoms with E-state index in [0.29, 0.717) is 6.42 Å². The number of furan rings is 1. The lowest BCUT2D eigenvalue weighted by atomic mass is 10.1. The van der Waals surface area contributed by atoms with Gasteiger partial charge in [0.2, 0.25) is 0 Å². The molecular formula is C21H20N2O4S. The smallest absolute Gasteiger partial charge is 0.307 e. The zero-order chi connectivity index (χ0) is 20.0. The molecule has 2 aromatic carbocycles. The van der Waals surface area contributed by atoms with Crippen molar-refractivity contribution in [3.05, 3.63) is 89.9 Å². The lowest BCUT2D eigenvalue weighted by molar-refractivity contribution is 0.0925. The molecule has 0 fully saturated rings. The van der Waals surface area contributed by atoms with Gasteiger partial charge in [-0.1, -0.05) is 55.5 Å². The molecule has 1 aromatic heterocycles. The molecule has 0 saturated carbocycles. The van der Waals surface area contributed by atoms with Crippen molar-refractivity contribution >= 4 is 21.5 Å². The third-order valence-corrected chi connectivity index (χ3v) is 5.71. The summed E-state index contributed by atoms with van der Waals surface area (Å²) in [6.45, 7) is 1.94. The van der Waals surface area contributed by atoms with Crippen LogP contribution in [0.5, 0.6) is 0 Å². The number of rotatable bonds is 7. The first-order chi connectivity index (χ1) is 13.5. The predicted molar refractivity (Wildman–Crippen MR) is 107 cm³/mol. The van der Waals surface area contributed by atoms with Crippen molar-refractivity contribution in [1.29, 1.82) is 0 Å². The molecule has 0 spiro atoms. The summed E-state index contributed by atoms with van der Waals surface area (Å²) < 4.78 is 30.2. The van der Waals surface area contributed by atoms with Gasteiger partial charge in [0.05, 0.1) is 10.6 Å². The Labute approximate surface area is 163 Å². The van der Waals surface area contributed by atoms with Crippen molar-refractivity contribution in [3.63, 3.8) is 0 Å². The van der Waals surface area contributed by atoms with Crippen LogP contribution in [0.2, 0.25) is 0 Å². The highest BCUT2D eigenvalue weighted by Crippen LogP contribution is 2.18. The highest BCUT2D eigenvalue weighted by molar-refractivity contribution is 7.90. The number of hydrazone groups is 1. The van der Waals surface area contributed by atoms with Gasteiger partial charge in [-0.25, -0.2) is 13.8 Å². The molecule has 0 unspecified atom stereocenters. The molecule has 6 nitrogen and oxygen atoms in total. The van der Waals surface area contributed by atoms with Crippen LogP contribution < -0.4 is 5.43 Å². The fraction of sp³-hybridized carbons (Fsp3) is 0.143. The molecular weight excluding hydrogens is 376 g/mol. The maximum absolute atomic E-state index is 12.4. The highest BCUT2D eigenvalue weighted by Gasteiger charge is 2.19. The van der Waals surface area contributed by atoms with Gasteiger partial charge in [0.25, 0.3) is 0 Å². The Morgan fingerprint density at radius 3 is 2.25 bits per heavy atom. The summed E-state index contributed by atoms with van der Waals surface area (Å²) in [5.74, 6) is -0.662. The van der Waals surface area contributed by atoms with E-state index >= 15 is 0 Å². The number of carbonyl (C=O) groups excluding carboxylic acids is 1. The predicted octanol–water partition coefficient (Wildman–Crippen LogP) is 3.80. The van der Waals surface area contributed by atoms with E-state index in [1.54, 1.807) is 18.2 Å². The SMILES string of the molecule is CC/C(=N/NC(=O)c1ccc(CS(=O)(=O)c2ccccc2)o1)c1ccccc1. The van der Waals surface area contributed by atoms with Crippen molar-refractivity contribution in [2.24, 2.45) is 5.10 Å². The van der Waals surface area contributed by atoms with E-state index in [1.807, 2.05) is 37.3 Å². The van der Waals surface area contributed by atoms with E-state index in [9.17, 15) is 13.2 Å². The van der Waals surface area contributed by atoms with Crippen LogP contribution in [0.15, 0.2) is 87.2 Å². The molecule has 0 bridgehead atoms. The summed E-state index contributed by atoms with van der Waals surface area (Å²) in [6, 6.07) is 20.6. The highest BCUT2D eigenvalue weighted by atomic mass is 32.2. The minimum Gasteiger partial charge on any atom is -0.455 e. The standard InChI is InChI=1S/C21H20N2O4S/c1-2-19(16-9-5-3-6-10-16)22-23-21(24)20-14-13-17(27-20)15-28(25,26)18-11-7-4-8-12-18/h3-14H,2,15H2,1H3,(H,23,24)/b22-19-. The molecule has 0 radical (unpaired) electrons. The number of carbonyl (C=O) groups is 1. The minimum atomic E-state index is -3.54. The third kappa shape index (κ3) is 4.75. The fourth-order valence-electron chi connectivity index (χ4n) is 2.63. The number of nitrogens with zero attached hydrogens (tertiary/aromatic N) is 1. The van der Waals surface area contributed by atoms with Gasteiger partial charge in [-0.15, -0.1) is 0 Å². The number of hydrogen-bond donors (Lipinski definition) is 1. The second kappa shape index (κ2) is 8.67. The summed E-state index contributed by atoms with van der Waals surface area (Å²) in [5.41, 5.74) is 4.11. The summed E-state index contributed by atoms with van der Waals surface area (Å²) in [4.78, 5) is 12.5. The summed E-state index contributed by atoms with van der Waals surface area (Å²) in [6.07, 6.45) is 0.642. The minimum absolute atomic E-state index is 0.00512. The van der Waals surface area contributed by atoms with Crippen molar-refractivity contribution in [3.8, 4) is 0 Å². The van der Waals surface area contributed by atoms with Gasteiger partial charge in [0, 0.05) is 0 Å². The van der Waals surface area contributed by atoms with Gasteiger partial charge < -0.3 is 4.42 Å². The van der Waals surface area contributed by atoms with Gasteiger partial charge >= 0.3 is 5.91 Å². The number of sulfone groups is 1. The molecule has 1 amide bonds. The monoisotopic (exact) mass is 396 g/mol. The number of nitrogens with one attached hydrogen (secondary N) is 1. The van der Waals surface area contributed by atoms with E-state index in [0.717, 1.165) is 11.3 Å². The topological polar surface area (TPSA) is 88.7 Å². The van der Waals surface area contributed by atoms with Crippen LogP contribution in [0, 0.1) is 0 Å². The van der Waals surface area contributed by atoms with E-state index < -0.39 is 15.7 Å². The van der Waals surface area contributed by atoms with Gasteiger partial charge in [-0.3, -0.25) is 4.79 Å². The first kappa shape index (κ1) is 19.6. The summed E-state index contributed by atoms with van der Waals surface area (Å²) in [7, 11) is -3.54. The second-order valence-electron chi connectivity index (χ2n) is 6.06. The molecule has 1 N–H and O–H groups in total. The van der Waals surface area contributed by atoms with Crippen LogP contribution in [-0.4, -0.2) is 20.0 Å². The zero-order valence-corrected chi connectivity index (χ0v) is 16.1. The Hall–Kier alpha value is -3.19. The average Bonchev–Trinajstić information content (AvgIpc) is 3.18. The Balaban J connectivity index is 1.70. The van der Waals surface area contributed by atoms with Gasteiger partial charge in [-0.2, -0.15) is 5.10 Å². The van der Waals surface area contributed by atoms with Crippen LogP contribution in [0.1, 0.15) is 35.2 Å². The van der Waals surface area contributed by atoms with Crippen LogP contribution in [0.4, 0.5) is 0 Å². The Morgan fingerprint density at radius 2 is 1.61 bits per heavy atom. The quantitative estimate of drug-likeness (QED) is 0.486. The largest absolute Gasteiger partial charge is 0.455 e. The molecule has 3 aromatic rings. The average molecular weight is 396 g/mol. The summed E-state index contributed by atoms with van der Waals surface area (Å²) >= 11 is 0. The van der Waals surface area contributed by atoms with Crippen LogP contribution in [-0.2, 0) is 15.6 Å². The molecule has 7 heteroatoms. The van der Waals surface area contributed by atoms with Crippen LogP contribution in [0.25, 0.3) is 0 Å². The van der Waals surface area contributed by atoms with Crippen LogP contribution in [0.3, 0.4) is 0 Å². The van der Waals surface area contributed by atoms with Gasteiger partial charge in [0.1, 0.15) is 11.5 Å². The first-order valence-electron chi connectivity index (χ1n) is 8.78. The van der Waals surface area contributed by atoms with Crippen molar-refractivity contribution < 1.29 is 17.6 Å². The lowest BCUT2D eigenvalue weighted by Gasteiger charge is -2.04. The molecule has 0 atom stereocenters. The lowest BCUT2D eigenvalue weighted by Crippen LogP contribution is -2.19. The summed E-state index contributed by atoms with van der Waals surface area (Å²) in [5, 5.41) is 4.16. The molecule has 144 valence electrons. The van der Waals surface area contributed by atoms with Crippen molar-refractivity contribution in [2.45, 2.75) is 24.0 Å². The maximum Gasteiger partial charge on any atom is 0.307 e. The van der Waals surface area contributed by atoms with E-state index in [1.165, 1.54) is 24.3 Å².